The molecule has 22 heavy (non-hydrogen) atoms. The molecule has 0 aliphatic carbocycles. The van der Waals surface area contributed by atoms with Crippen molar-refractivity contribution in [1.82, 2.24) is 10.5 Å². The summed E-state index contributed by atoms with van der Waals surface area (Å²) in [5.41, 5.74) is 1.59. The van der Waals surface area contributed by atoms with Crippen LogP contribution in [-0.4, -0.2) is 17.1 Å². The van der Waals surface area contributed by atoms with E-state index in [0.29, 0.717) is 5.75 Å². The summed E-state index contributed by atoms with van der Waals surface area (Å²) >= 11 is 1.59. The number of benzene rings is 1. The first-order chi connectivity index (χ1) is 10.6. The van der Waals surface area contributed by atoms with Gasteiger partial charge in [0.25, 0.3) is 5.91 Å². The highest BCUT2D eigenvalue weighted by atomic mass is 32.2. The number of aryl methyl sites for hydroxylation is 1. The minimum absolute atomic E-state index is 0.00875. The molecule has 0 unspecified atom stereocenters. The summed E-state index contributed by atoms with van der Waals surface area (Å²) in [4.78, 5) is 13.4. The van der Waals surface area contributed by atoms with Crippen LogP contribution in [0.4, 0.5) is 0 Å². The number of hydrogen-bond donors (Lipinski definition) is 1. The average Bonchev–Trinajstić information content (AvgIpc) is 2.96. The predicted molar refractivity (Wildman–Crippen MR) is 89.1 cm³/mol. The second kappa shape index (κ2) is 8.03. The quantitative estimate of drug-likeness (QED) is 0.778. The molecule has 1 heterocycles. The van der Waals surface area contributed by atoms with Crippen molar-refractivity contribution in [1.29, 1.82) is 0 Å². The smallest absolute Gasteiger partial charge is 0.252 e. The highest BCUT2D eigenvalue weighted by molar-refractivity contribution is 7.98. The second-order valence-corrected chi connectivity index (χ2v) is 6.22. The van der Waals surface area contributed by atoms with Gasteiger partial charge in [-0.05, 0) is 31.9 Å². The molecule has 0 saturated carbocycles. The van der Waals surface area contributed by atoms with E-state index >= 15 is 0 Å². The Morgan fingerprint density at radius 1 is 1.32 bits per heavy atom. The van der Waals surface area contributed by atoms with Crippen molar-refractivity contribution in [2.45, 2.75) is 50.3 Å². The van der Waals surface area contributed by atoms with Crippen LogP contribution >= 0.6 is 11.8 Å². The lowest BCUT2D eigenvalue weighted by atomic mass is 10.1. The zero-order chi connectivity index (χ0) is 15.9. The Morgan fingerprint density at radius 3 is 2.68 bits per heavy atom. The Hall–Kier alpha value is -1.75. The highest BCUT2D eigenvalue weighted by Crippen LogP contribution is 2.26. The Balaban J connectivity index is 2.07. The molecule has 2 aromatic rings. The first-order valence-electron chi connectivity index (χ1n) is 7.58. The van der Waals surface area contributed by atoms with Crippen molar-refractivity contribution >= 4 is 17.7 Å². The van der Waals surface area contributed by atoms with E-state index < -0.39 is 0 Å². The van der Waals surface area contributed by atoms with E-state index in [-0.39, 0.29) is 11.9 Å². The normalized spacial score (nSPS) is 10.9. The minimum atomic E-state index is -0.00875. The van der Waals surface area contributed by atoms with Crippen LogP contribution in [0.15, 0.2) is 39.8 Å². The first-order valence-corrected chi connectivity index (χ1v) is 8.57. The number of carbonyl (C=O) groups is 1. The maximum Gasteiger partial charge on any atom is 0.252 e. The number of rotatable bonds is 7. The number of amides is 1. The lowest BCUT2D eigenvalue weighted by molar-refractivity contribution is 0.0932. The second-order valence-electron chi connectivity index (χ2n) is 5.21. The molecule has 1 amide bonds. The third-order valence-electron chi connectivity index (χ3n) is 3.50. The largest absolute Gasteiger partial charge is 0.360 e. The van der Waals surface area contributed by atoms with E-state index in [4.69, 9.17) is 4.52 Å². The predicted octanol–water partition coefficient (Wildman–Crippen LogP) is 4.19. The summed E-state index contributed by atoms with van der Waals surface area (Å²) in [6.45, 7) is 6.07. The summed E-state index contributed by atoms with van der Waals surface area (Å²) in [7, 11) is 0. The Bertz CT molecular complexity index is 621. The van der Waals surface area contributed by atoms with Crippen LogP contribution in [0.1, 0.15) is 48.5 Å². The first kappa shape index (κ1) is 16.6. The average molecular weight is 318 g/mol. The van der Waals surface area contributed by atoms with Gasteiger partial charge in [0, 0.05) is 17.0 Å². The van der Waals surface area contributed by atoms with Crippen LogP contribution in [0.5, 0.6) is 0 Å². The SMILES string of the molecule is CCC(CC)NC(=O)c1ccccc1SCc1cc(C)no1. The van der Waals surface area contributed by atoms with Gasteiger partial charge in [0.2, 0.25) is 0 Å². The van der Waals surface area contributed by atoms with Gasteiger partial charge in [0.1, 0.15) is 5.76 Å². The highest BCUT2D eigenvalue weighted by Gasteiger charge is 2.15. The van der Waals surface area contributed by atoms with E-state index in [1.807, 2.05) is 37.3 Å². The third kappa shape index (κ3) is 4.37. The molecule has 1 N–H and O–H groups in total. The van der Waals surface area contributed by atoms with Gasteiger partial charge in [-0.15, -0.1) is 11.8 Å². The molecule has 0 radical (unpaired) electrons. The zero-order valence-corrected chi connectivity index (χ0v) is 14.1. The van der Waals surface area contributed by atoms with Gasteiger partial charge in [-0.1, -0.05) is 31.1 Å². The van der Waals surface area contributed by atoms with Crippen LogP contribution in [-0.2, 0) is 5.75 Å². The standard InChI is InChI=1S/C17H22N2O2S/c1-4-13(5-2)18-17(20)15-8-6-7-9-16(15)22-11-14-10-12(3)19-21-14/h6-10,13H,4-5,11H2,1-3H3,(H,18,20). The maximum absolute atomic E-state index is 12.4. The molecule has 1 aromatic carbocycles. The molecule has 0 saturated heterocycles. The summed E-state index contributed by atoms with van der Waals surface area (Å²) in [5, 5.41) is 6.97. The van der Waals surface area contributed by atoms with Crippen molar-refractivity contribution in [3.8, 4) is 0 Å². The molecule has 0 spiro atoms. The maximum atomic E-state index is 12.4. The van der Waals surface area contributed by atoms with E-state index in [9.17, 15) is 4.79 Å². The zero-order valence-electron chi connectivity index (χ0n) is 13.3. The van der Waals surface area contributed by atoms with E-state index in [1.54, 1.807) is 11.8 Å². The van der Waals surface area contributed by atoms with Gasteiger partial charge >= 0.3 is 0 Å². The number of aromatic nitrogens is 1. The van der Waals surface area contributed by atoms with Crippen molar-refractivity contribution in [2.75, 3.05) is 0 Å². The van der Waals surface area contributed by atoms with E-state index in [2.05, 4.69) is 24.3 Å². The molecule has 0 fully saturated rings. The van der Waals surface area contributed by atoms with E-state index in [0.717, 1.165) is 34.8 Å². The molecule has 0 aliphatic rings. The summed E-state index contributed by atoms with van der Waals surface area (Å²) in [6, 6.07) is 9.82. The van der Waals surface area contributed by atoms with Gasteiger partial charge in [0.15, 0.2) is 0 Å². The van der Waals surface area contributed by atoms with Gasteiger partial charge in [0.05, 0.1) is 17.0 Å². The summed E-state index contributed by atoms with van der Waals surface area (Å²) in [6.07, 6.45) is 1.88. The number of nitrogens with one attached hydrogen (secondary N) is 1. The fraction of sp³-hybridized carbons (Fsp3) is 0.412. The van der Waals surface area contributed by atoms with Crippen molar-refractivity contribution < 1.29 is 9.32 Å². The number of hydrogen-bond acceptors (Lipinski definition) is 4. The molecule has 118 valence electrons. The third-order valence-corrected chi connectivity index (χ3v) is 4.60. The minimum Gasteiger partial charge on any atom is -0.360 e. The number of nitrogens with zero attached hydrogens (tertiary/aromatic N) is 1. The monoisotopic (exact) mass is 318 g/mol. The summed E-state index contributed by atoms with van der Waals surface area (Å²) < 4.78 is 5.21. The Labute approximate surface area is 135 Å². The lowest BCUT2D eigenvalue weighted by Crippen LogP contribution is -2.34. The molecule has 2 rings (SSSR count). The fourth-order valence-electron chi connectivity index (χ4n) is 2.17. The van der Waals surface area contributed by atoms with Crippen LogP contribution in [0.25, 0.3) is 0 Å². The Morgan fingerprint density at radius 2 is 2.05 bits per heavy atom. The van der Waals surface area contributed by atoms with Crippen LogP contribution in [0, 0.1) is 6.92 Å². The molecule has 0 aliphatic heterocycles. The Kier molecular flexibility index (Phi) is 6.07. The van der Waals surface area contributed by atoms with E-state index in [1.165, 1.54) is 0 Å². The molecule has 4 nitrogen and oxygen atoms in total. The molecule has 5 heteroatoms. The van der Waals surface area contributed by atoms with Gasteiger partial charge < -0.3 is 9.84 Å². The molecule has 1 aromatic heterocycles. The molecule has 0 bridgehead atoms. The van der Waals surface area contributed by atoms with Crippen LogP contribution in [0.3, 0.4) is 0 Å². The van der Waals surface area contributed by atoms with Crippen LogP contribution < -0.4 is 5.32 Å². The van der Waals surface area contributed by atoms with Crippen molar-refractivity contribution in [3.05, 3.63) is 47.3 Å². The fourth-order valence-corrected chi connectivity index (χ4v) is 3.09. The molecular weight excluding hydrogens is 296 g/mol. The topological polar surface area (TPSA) is 55.1 Å². The number of thioether (sulfide) groups is 1. The van der Waals surface area contributed by atoms with Crippen molar-refractivity contribution in [3.63, 3.8) is 0 Å². The van der Waals surface area contributed by atoms with Gasteiger partial charge in [-0.25, -0.2) is 0 Å². The van der Waals surface area contributed by atoms with Crippen LogP contribution in [0.2, 0.25) is 0 Å². The van der Waals surface area contributed by atoms with Gasteiger partial charge in [-0.3, -0.25) is 4.79 Å². The van der Waals surface area contributed by atoms with Gasteiger partial charge in [-0.2, -0.15) is 0 Å². The molecular formula is C17H22N2O2S. The summed E-state index contributed by atoms with van der Waals surface area (Å²) in [5.74, 6) is 1.47. The number of carbonyl (C=O) groups excluding carboxylic acids is 1. The lowest BCUT2D eigenvalue weighted by Gasteiger charge is -2.16. The van der Waals surface area contributed by atoms with Crippen molar-refractivity contribution in [2.24, 2.45) is 0 Å². The molecule has 0 atom stereocenters.